The van der Waals surface area contributed by atoms with Crippen molar-refractivity contribution in [1.29, 1.82) is 0 Å². The highest BCUT2D eigenvalue weighted by Gasteiger charge is 2.30. The van der Waals surface area contributed by atoms with Gasteiger partial charge >= 0.3 is 0 Å². The number of rotatable bonds is 2. The second kappa shape index (κ2) is 16.1. The van der Waals surface area contributed by atoms with Crippen molar-refractivity contribution in [2.75, 3.05) is 13.2 Å². The summed E-state index contributed by atoms with van der Waals surface area (Å²) in [6.45, 7) is 48.4. The molecule has 0 aromatic heterocycles. The van der Waals surface area contributed by atoms with E-state index in [-0.39, 0.29) is 32.5 Å². The normalized spacial score (nSPS) is 13.7. The number of hydrogen-bond donors (Lipinski definition) is 0. The van der Waals surface area contributed by atoms with Gasteiger partial charge in [0, 0.05) is 13.2 Å². The van der Waals surface area contributed by atoms with Crippen molar-refractivity contribution < 1.29 is 4.74 Å². The van der Waals surface area contributed by atoms with Gasteiger partial charge in [-0.2, -0.15) is 0 Å². The number of benzene rings is 10. The number of fused-ring (bicyclic) bond motifs is 16. The van der Waals surface area contributed by atoms with Crippen molar-refractivity contribution >= 4 is 97.0 Å². The first-order valence-corrected chi connectivity index (χ1v) is 26.0. The van der Waals surface area contributed by atoms with Crippen LogP contribution in [0.5, 0.6) is 0 Å². The lowest BCUT2D eigenvalue weighted by Gasteiger charge is -2.29. The Balaban J connectivity index is 0.00000113. The topological polar surface area (TPSA) is 9.23 Å². The van der Waals surface area contributed by atoms with Crippen LogP contribution >= 0.6 is 0 Å². The molecule has 0 bridgehead atoms. The summed E-state index contributed by atoms with van der Waals surface area (Å²) in [7, 11) is 0. The third-order valence-corrected chi connectivity index (χ3v) is 15.4. The smallest absolute Gasteiger partial charge is 0.0437 e. The molecule has 10 aromatic rings. The molecule has 10 aromatic carbocycles. The van der Waals surface area contributed by atoms with E-state index in [0.717, 1.165) is 13.2 Å². The first kappa shape index (κ1) is 48.8. The molecule has 0 aliphatic heterocycles. The molecule has 10 rings (SSSR count). The highest BCUT2D eigenvalue weighted by atomic mass is 16.5. The van der Waals surface area contributed by atoms with Crippen LogP contribution in [-0.2, 0) is 37.2 Å². The third-order valence-electron chi connectivity index (χ3n) is 15.4. The van der Waals surface area contributed by atoms with Crippen molar-refractivity contribution in [1.82, 2.24) is 0 Å². The summed E-state index contributed by atoms with van der Waals surface area (Å²) < 4.78 is 4.83. The maximum absolute atomic E-state index is 4.83. The van der Waals surface area contributed by atoms with E-state index in [9.17, 15) is 0 Å². The van der Waals surface area contributed by atoms with Gasteiger partial charge in [0.15, 0.2) is 0 Å². The second-order valence-electron chi connectivity index (χ2n) is 26.7. The lowest BCUT2D eigenvalue weighted by Crippen LogP contribution is -2.13. The Labute approximate surface area is 414 Å². The van der Waals surface area contributed by atoms with Crippen LogP contribution in [0.1, 0.15) is 172 Å². The summed E-state index contributed by atoms with van der Waals surface area (Å²) in [6, 6.07) is 40.0. The zero-order valence-corrected chi connectivity index (χ0v) is 46.1. The molecule has 0 unspecified atom stereocenters. The Hall–Kier alpha value is -5.24. The maximum atomic E-state index is 4.83. The minimum Gasteiger partial charge on any atom is -0.382 e. The van der Waals surface area contributed by atoms with Crippen molar-refractivity contribution in [3.8, 4) is 0 Å². The largest absolute Gasteiger partial charge is 0.382 e. The maximum Gasteiger partial charge on any atom is 0.0437 e. The van der Waals surface area contributed by atoms with Gasteiger partial charge in [0.1, 0.15) is 0 Å². The molecule has 0 fully saturated rings. The van der Waals surface area contributed by atoms with Gasteiger partial charge in [-0.15, -0.1) is 0 Å². The Morgan fingerprint density at radius 2 is 0.406 bits per heavy atom. The van der Waals surface area contributed by atoms with E-state index in [4.69, 9.17) is 4.74 Å². The SMILES string of the molecule is CC(C)(C)c1ccc2c3ccc(C(C)(C)C)cc3c3c4cc(C(C)(C)C)cc5c6c7cc(C(C)(C)C)ccc7c7ccc(C(C)(C)C)cc7c6c6cc(C(C)(C)C)cc(c3c2c1)c6c45.CCOCC. The van der Waals surface area contributed by atoms with Gasteiger partial charge in [-0.3, -0.25) is 0 Å². The molecular formula is C68H80O. The van der Waals surface area contributed by atoms with Crippen LogP contribution in [0.15, 0.2) is 97.1 Å². The average molecular weight is 913 g/mol. The van der Waals surface area contributed by atoms with Crippen LogP contribution in [0.4, 0.5) is 0 Å². The molecule has 1 nitrogen and oxygen atoms in total. The quantitative estimate of drug-likeness (QED) is 0.124. The monoisotopic (exact) mass is 913 g/mol. The molecule has 0 radical (unpaired) electrons. The van der Waals surface area contributed by atoms with Gasteiger partial charge in [0.05, 0.1) is 0 Å². The van der Waals surface area contributed by atoms with Crippen LogP contribution in [0, 0.1) is 0 Å². The fourth-order valence-corrected chi connectivity index (χ4v) is 11.1. The summed E-state index contributed by atoms with van der Waals surface area (Å²) in [5, 5.41) is 24.7. The van der Waals surface area contributed by atoms with E-state index >= 15 is 0 Å². The zero-order valence-electron chi connectivity index (χ0n) is 46.1. The molecule has 0 heterocycles. The molecule has 0 saturated carbocycles. The number of ether oxygens (including phenoxy) is 1. The lowest BCUT2D eigenvalue weighted by atomic mass is 9.74. The van der Waals surface area contributed by atoms with E-state index < -0.39 is 0 Å². The standard InChI is InChI=1S/C64H70.C4H10O/c1-59(2,3)35-19-23-41-42-24-20-36(60(4,5)6)28-46(42)54-50-32-40(64(16,17)18)34-52-56-48-30-38(62(10,11)12)22-26-44(48)43-25-21-37(61(7,8)9)29-47(43)55(56)51-33-39(63(13,14)15)31-49(57(51)58(50)52)53(54)45(41)27-35;1-3-5-4-2/h19-34H,1-18H3;3-4H2,1-2H3. The molecule has 0 aliphatic rings. The highest BCUT2D eigenvalue weighted by Crippen LogP contribution is 2.54. The molecule has 0 saturated heterocycles. The van der Waals surface area contributed by atoms with Crippen LogP contribution in [0.3, 0.4) is 0 Å². The summed E-state index contributed by atoms with van der Waals surface area (Å²) >= 11 is 0. The van der Waals surface area contributed by atoms with Crippen molar-refractivity contribution in [2.24, 2.45) is 0 Å². The van der Waals surface area contributed by atoms with E-state index in [1.807, 2.05) is 13.8 Å². The minimum atomic E-state index is -0.0895. The first-order chi connectivity index (χ1) is 31.9. The second-order valence-corrected chi connectivity index (χ2v) is 26.7. The molecule has 358 valence electrons. The summed E-state index contributed by atoms with van der Waals surface area (Å²) in [4.78, 5) is 0. The summed E-state index contributed by atoms with van der Waals surface area (Å²) in [5.74, 6) is 0. The van der Waals surface area contributed by atoms with Gasteiger partial charge in [0.2, 0.25) is 0 Å². The molecule has 0 N–H and O–H groups in total. The van der Waals surface area contributed by atoms with Gasteiger partial charge in [0.25, 0.3) is 0 Å². The van der Waals surface area contributed by atoms with E-state index in [1.165, 1.54) is 130 Å². The van der Waals surface area contributed by atoms with Gasteiger partial charge in [-0.05, 0) is 225 Å². The van der Waals surface area contributed by atoms with Crippen LogP contribution in [-0.4, -0.2) is 13.2 Å². The molecular weight excluding hydrogens is 833 g/mol. The predicted octanol–water partition coefficient (Wildman–Crippen LogP) is 20.3. The molecule has 1 heteroatoms. The van der Waals surface area contributed by atoms with E-state index in [0.29, 0.717) is 0 Å². The molecule has 0 aliphatic carbocycles. The Bertz CT molecular complexity index is 3220. The fraction of sp³-hybridized carbons (Fsp3) is 0.412. The summed E-state index contributed by atoms with van der Waals surface area (Å²) in [5.41, 5.74) is 8.04. The third kappa shape index (κ3) is 8.14. The van der Waals surface area contributed by atoms with Crippen molar-refractivity contribution in [3.05, 3.63) is 130 Å². The van der Waals surface area contributed by atoms with Gasteiger partial charge in [-0.25, -0.2) is 0 Å². The Morgan fingerprint density at radius 3 is 0.565 bits per heavy atom. The zero-order chi connectivity index (χ0) is 50.3. The number of hydrogen-bond acceptors (Lipinski definition) is 1. The fourth-order valence-electron chi connectivity index (χ4n) is 11.1. The first-order valence-electron chi connectivity index (χ1n) is 26.0. The lowest BCUT2D eigenvalue weighted by molar-refractivity contribution is 0.162. The predicted molar refractivity (Wildman–Crippen MR) is 310 cm³/mol. The highest BCUT2D eigenvalue weighted by molar-refractivity contribution is 6.49. The summed E-state index contributed by atoms with van der Waals surface area (Å²) in [6.07, 6.45) is 0. The van der Waals surface area contributed by atoms with E-state index in [1.54, 1.807) is 0 Å². The van der Waals surface area contributed by atoms with Gasteiger partial charge < -0.3 is 4.74 Å². The van der Waals surface area contributed by atoms with Crippen LogP contribution in [0.2, 0.25) is 0 Å². The minimum absolute atomic E-state index is 0.00641. The molecule has 0 atom stereocenters. The Morgan fingerprint density at radius 1 is 0.232 bits per heavy atom. The molecule has 69 heavy (non-hydrogen) atoms. The van der Waals surface area contributed by atoms with E-state index in [2.05, 4.69) is 222 Å². The average Bonchev–Trinajstić information content (AvgIpc) is 3.25. The molecule has 0 amide bonds. The van der Waals surface area contributed by atoms with Gasteiger partial charge in [-0.1, -0.05) is 173 Å². The Kier molecular flexibility index (Phi) is 11.4. The van der Waals surface area contributed by atoms with Crippen LogP contribution in [0.25, 0.3) is 97.0 Å². The van der Waals surface area contributed by atoms with Crippen molar-refractivity contribution in [3.63, 3.8) is 0 Å². The molecule has 0 spiro atoms. The van der Waals surface area contributed by atoms with Crippen LogP contribution < -0.4 is 0 Å². The van der Waals surface area contributed by atoms with Crippen molar-refractivity contribution in [2.45, 2.75) is 171 Å².